The number of aryl methyl sites for hydroxylation is 1. The van der Waals surface area contributed by atoms with Crippen LogP contribution in [0.15, 0.2) is 121 Å². The number of nitrogens with zero attached hydrogens (tertiary/aromatic N) is 16. The lowest BCUT2D eigenvalue weighted by molar-refractivity contribution is -0.158. The zero-order valence-corrected chi connectivity index (χ0v) is 84.6. The lowest BCUT2D eigenvalue weighted by Crippen LogP contribution is -2.45. The van der Waals surface area contributed by atoms with Crippen molar-refractivity contribution in [3.05, 3.63) is 178 Å². The van der Waals surface area contributed by atoms with Gasteiger partial charge in [0.25, 0.3) is 0 Å². The second-order valence-electron chi connectivity index (χ2n) is 38.7. The summed E-state index contributed by atoms with van der Waals surface area (Å²) in [6.45, 7) is 20.4. The van der Waals surface area contributed by atoms with Gasteiger partial charge in [-0.2, -0.15) is 0 Å². The van der Waals surface area contributed by atoms with Crippen molar-refractivity contribution in [1.82, 2.24) is 54.7 Å². The standard InChI is InChI=1S/C25H34N4O2.C22H25N3O6.C22H25N3O5.C21H25N3O4.C20H25N3O2/c1-4-28(5-2)25(31)18-9-8-14-29(16-18)24-19-13-12-17(3)15-21(19)26-23(27-24)20-10-6-7-11-22(20)30;1-29-21(27)14-11-16-17(12-15(14)22(28)30-2)23-19(13-5-3-4-6-18(13)26)24-20(16)25-7-9-31-10-8-25;1-29-21(27)14-11-16-17(12-15(14)22(28)30-2)23-19(13-7-3-4-8-18(13)26)24-20(16)25-9-5-6-10-25;1-26-18-6-4-3-5-15(18)19-22-17-8-7-14(21(25)27-2)13-16(17)20(23-19)24-9-11-28-12-10-24;1-13-6-7-15-17(12-13)21-19(16-4-2-3-5-18(16)25)22-20(15)23-10-8-14(24)9-11-23/h6-7,10-11,17-18,30H,4-5,8-9,12-16H2,1-3H3;3-6,14-15,26H,7-12H2,1-2H3;3-4,7-8,14-15,26H,5-6,9-12H2,1-2H3;3-6,14H,7-13H2,1-2H3;2-5,13-14,24-25H,6-12H2,1H3. The molecule has 5 aromatic carbocycles. The second kappa shape index (κ2) is 48.3. The van der Waals surface area contributed by atoms with Crippen LogP contribution in [0.25, 0.3) is 56.9 Å². The van der Waals surface area contributed by atoms with E-state index < -0.39 is 47.5 Å². The van der Waals surface area contributed by atoms with Crippen LogP contribution in [0, 0.1) is 47.3 Å². The highest BCUT2D eigenvalue weighted by atomic mass is 16.5. The highest BCUT2D eigenvalue weighted by Gasteiger charge is 2.46. The Bertz CT molecular complexity index is 6260. The number of aliphatic hydroxyl groups excluding tert-OH is 1. The smallest absolute Gasteiger partial charge is 0.309 e. The Labute approximate surface area is 845 Å². The number of aromatic hydroxyl groups is 4. The number of para-hydroxylation sites is 5. The Morgan fingerprint density at radius 2 is 0.669 bits per heavy atom. The van der Waals surface area contributed by atoms with Gasteiger partial charge in [-0.15, -0.1) is 0 Å². The molecular formula is C110H134N16O19. The number of ether oxygens (including phenoxy) is 8. The van der Waals surface area contributed by atoms with E-state index in [0.29, 0.717) is 139 Å². The van der Waals surface area contributed by atoms with Crippen molar-refractivity contribution in [3.8, 4) is 85.7 Å². The third-order valence-electron chi connectivity index (χ3n) is 29.5. The number of hydrogen-bond donors (Lipinski definition) is 5. The number of aliphatic hydroxyl groups is 1. The molecule has 20 rings (SSSR count). The summed E-state index contributed by atoms with van der Waals surface area (Å²) in [4.78, 5) is 136. The summed E-state index contributed by atoms with van der Waals surface area (Å²) in [6.07, 6.45) is 14.7. The largest absolute Gasteiger partial charge is 0.507 e. The van der Waals surface area contributed by atoms with Crippen LogP contribution in [0.1, 0.15) is 142 Å². The third kappa shape index (κ3) is 23.9. The Morgan fingerprint density at radius 1 is 0.338 bits per heavy atom. The predicted molar refractivity (Wildman–Crippen MR) is 545 cm³/mol. The van der Waals surface area contributed by atoms with Gasteiger partial charge in [0, 0.05) is 125 Å². The number of piperidine rings is 2. The molecule has 5 saturated heterocycles. The van der Waals surface area contributed by atoms with E-state index in [1.807, 2.05) is 85.5 Å². The maximum Gasteiger partial charge on any atom is 0.309 e. The van der Waals surface area contributed by atoms with Crippen LogP contribution in [0.2, 0.25) is 0 Å². The summed E-state index contributed by atoms with van der Waals surface area (Å²) in [5, 5.41) is 51.1. The molecule has 5 N–H and O–H groups in total. The summed E-state index contributed by atoms with van der Waals surface area (Å²) in [6, 6.07) is 36.1. The number of rotatable bonds is 19. The molecule has 10 aliphatic rings. The van der Waals surface area contributed by atoms with Crippen LogP contribution in [0.3, 0.4) is 0 Å². The number of benzene rings is 5. The Hall–Kier alpha value is -13.8. The number of carbonyl (C=O) groups is 6. The first-order valence-corrected chi connectivity index (χ1v) is 50.9. The number of methoxy groups -OCH3 is 6. The highest BCUT2D eigenvalue weighted by Crippen LogP contribution is 2.46. The van der Waals surface area contributed by atoms with Gasteiger partial charge in [-0.1, -0.05) is 74.5 Å². The molecule has 5 aliphatic carbocycles. The SMILES string of the molecule is CC1CCc2c(nc(-c3ccccc3O)nc2N2CCC(O)CC2)C1.CCN(CC)C(=O)C1CCCN(c2nc(-c3ccccc3O)nc3c2CCC(C)C3)C1.COC(=O)C1CCc2nc(-c3ccccc3OC)nc(N3CCOCC3)c2C1.COC(=O)C1Cc2nc(-c3ccccc3O)nc(N3CCCC3)c2CC1C(=O)OC.COC(=O)C1Cc2nc(-c3ccccc3O)nc(N3CCOCC3)c2CC1C(=O)OC. The van der Waals surface area contributed by atoms with Crippen molar-refractivity contribution < 1.29 is 92.2 Å². The first-order valence-electron chi connectivity index (χ1n) is 50.9. The van der Waals surface area contributed by atoms with Crippen LogP contribution >= 0.6 is 0 Å². The van der Waals surface area contributed by atoms with Gasteiger partial charge in [-0.05, 0) is 196 Å². The molecule has 35 nitrogen and oxygen atoms in total. The molecule has 10 aromatic rings. The maximum atomic E-state index is 13.0. The molecule has 768 valence electrons. The Balaban J connectivity index is 0.000000130. The third-order valence-corrected chi connectivity index (χ3v) is 29.5. The quantitative estimate of drug-likeness (QED) is 0.0371. The van der Waals surface area contributed by atoms with Crippen molar-refractivity contribution >= 4 is 64.8 Å². The van der Waals surface area contributed by atoms with Crippen molar-refractivity contribution in [2.45, 2.75) is 156 Å². The first kappa shape index (κ1) is 104. The molecule has 0 radical (unpaired) electrons. The van der Waals surface area contributed by atoms with Gasteiger partial charge in [0.2, 0.25) is 5.91 Å². The van der Waals surface area contributed by atoms with Crippen molar-refractivity contribution in [2.75, 3.05) is 172 Å². The number of aromatic nitrogens is 10. The van der Waals surface area contributed by atoms with Gasteiger partial charge in [-0.25, -0.2) is 49.8 Å². The lowest BCUT2D eigenvalue weighted by atomic mass is 9.77. The fourth-order valence-corrected chi connectivity index (χ4v) is 21.4. The highest BCUT2D eigenvalue weighted by molar-refractivity contribution is 5.86. The fraction of sp³-hybridized carbons (Fsp3) is 0.491. The Kier molecular flexibility index (Phi) is 34.6. The maximum absolute atomic E-state index is 13.0. The van der Waals surface area contributed by atoms with Crippen LogP contribution in [-0.4, -0.2) is 270 Å². The van der Waals surface area contributed by atoms with Gasteiger partial charge in [0.1, 0.15) is 57.8 Å². The molecule has 35 heteroatoms. The molecule has 0 spiro atoms. The monoisotopic (exact) mass is 1980 g/mol. The van der Waals surface area contributed by atoms with E-state index in [-0.39, 0.29) is 72.1 Å². The lowest BCUT2D eigenvalue weighted by Gasteiger charge is -2.37. The minimum Gasteiger partial charge on any atom is -0.507 e. The topological polar surface area (TPSA) is 426 Å². The molecule has 1 amide bonds. The minimum atomic E-state index is -0.699. The van der Waals surface area contributed by atoms with Gasteiger partial charge >= 0.3 is 29.8 Å². The molecule has 5 aliphatic heterocycles. The zero-order chi connectivity index (χ0) is 102. The number of fused-ring (bicyclic) bond motifs is 5. The summed E-state index contributed by atoms with van der Waals surface area (Å²) in [5.74, 6) is 4.96. The molecule has 10 heterocycles. The normalized spacial score (nSPS) is 20.5. The van der Waals surface area contributed by atoms with Crippen LogP contribution in [0.4, 0.5) is 29.1 Å². The average Bonchev–Trinajstić information content (AvgIpc) is 1.55. The molecule has 5 aromatic heterocycles. The van der Waals surface area contributed by atoms with Crippen molar-refractivity contribution in [1.29, 1.82) is 0 Å². The Morgan fingerprint density at radius 3 is 1.06 bits per heavy atom. The van der Waals surface area contributed by atoms with E-state index in [1.165, 1.54) is 46.7 Å². The van der Waals surface area contributed by atoms with Crippen molar-refractivity contribution in [2.24, 2.45) is 47.3 Å². The number of anilines is 5. The number of phenolic OH excluding ortho intramolecular Hbond substituents is 4. The van der Waals surface area contributed by atoms with Crippen LogP contribution < -0.4 is 29.2 Å². The molecule has 8 unspecified atom stereocenters. The van der Waals surface area contributed by atoms with E-state index in [2.05, 4.69) is 38.3 Å². The average molecular weight is 1980 g/mol. The van der Waals surface area contributed by atoms with E-state index in [0.717, 1.165) is 217 Å². The van der Waals surface area contributed by atoms with Gasteiger partial charge in [0.15, 0.2) is 29.1 Å². The van der Waals surface area contributed by atoms with Crippen LogP contribution in [0.5, 0.6) is 28.7 Å². The number of phenols is 4. The fourth-order valence-electron chi connectivity index (χ4n) is 21.4. The van der Waals surface area contributed by atoms with E-state index in [1.54, 1.807) is 61.7 Å². The zero-order valence-electron chi connectivity index (χ0n) is 84.6. The number of morpholine rings is 2. The van der Waals surface area contributed by atoms with Gasteiger partial charge in [-0.3, -0.25) is 28.8 Å². The molecule has 5 fully saturated rings. The predicted octanol–water partition coefficient (Wildman–Crippen LogP) is 12.7. The first-order chi connectivity index (χ1) is 70.4. The number of amides is 1. The van der Waals surface area contributed by atoms with E-state index >= 15 is 0 Å². The molecule has 0 saturated carbocycles. The van der Waals surface area contributed by atoms with E-state index in [4.69, 9.17) is 87.7 Å². The summed E-state index contributed by atoms with van der Waals surface area (Å²) < 4.78 is 41.3. The number of hydrogen-bond acceptors (Lipinski definition) is 34. The van der Waals surface area contributed by atoms with E-state index in [9.17, 15) is 54.3 Å². The van der Waals surface area contributed by atoms with Crippen molar-refractivity contribution in [3.63, 3.8) is 0 Å². The number of carbonyl (C=O) groups excluding carboxylic acids is 6. The second-order valence-corrected chi connectivity index (χ2v) is 38.7. The minimum absolute atomic E-state index is 0.00959. The molecule has 8 atom stereocenters. The summed E-state index contributed by atoms with van der Waals surface area (Å²) >= 11 is 0. The van der Waals surface area contributed by atoms with Gasteiger partial charge in [0.05, 0.1) is 161 Å². The summed E-state index contributed by atoms with van der Waals surface area (Å²) in [7, 11) is 8.36. The van der Waals surface area contributed by atoms with Crippen LogP contribution in [-0.2, 0) is 126 Å². The number of esters is 5. The molecular weight excluding hydrogens is 1850 g/mol. The van der Waals surface area contributed by atoms with Gasteiger partial charge < -0.3 is 92.8 Å². The summed E-state index contributed by atoms with van der Waals surface area (Å²) in [5.41, 5.74) is 13.1. The molecule has 0 bridgehead atoms. The molecule has 145 heavy (non-hydrogen) atoms.